The number of hydrogen-bond acceptors (Lipinski definition) is 4. The predicted molar refractivity (Wildman–Crippen MR) is 97.9 cm³/mol. The van der Waals surface area contributed by atoms with Crippen LogP contribution in [-0.4, -0.2) is 10.8 Å². The molecule has 1 aromatic heterocycles. The molecule has 6 heteroatoms. The third kappa shape index (κ3) is 3.80. The highest BCUT2D eigenvalue weighted by atomic mass is 16.6. The maximum Gasteiger partial charge on any atom is 0.287 e. The Morgan fingerprint density at radius 2 is 1.69 bits per heavy atom. The van der Waals surface area contributed by atoms with E-state index in [9.17, 15) is 14.9 Å². The summed E-state index contributed by atoms with van der Waals surface area (Å²) in [7, 11) is 0. The first-order valence-electron chi connectivity index (χ1n) is 8.16. The summed E-state index contributed by atoms with van der Waals surface area (Å²) in [6.07, 6.45) is 0. The zero-order chi connectivity index (χ0) is 18.7. The molecule has 0 saturated heterocycles. The van der Waals surface area contributed by atoms with Crippen LogP contribution in [0.4, 0.5) is 5.69 Å². The minimum atomic E-state index is -0.461. The first-order chi connectivity index (χ1) is 12.4. The van der Waals surface area contributed by atoms with Crippen molar-refractivity contribution in [3.8, 4) is 11.3 Å². The van der Waals surface area contributed by atoms with Crippen molar-refractivity contribution in [1.82, 2.24) is 5.32 Å². The smallest absolute Gasteiger partial charge is 0.287 e. The van der Waals surface area contributed by atoms with Gasteiger partial charge >= 0.3 is 0 Å². The predicted octanol–water partition coefficient (Wildman–Crippen LogP) is 4.65. The van der Waals surface area contributed by atoms with Gasteiger partial charge in [-0.2, -0.15) is 0 Å². The van der Waals surface area contributed by atoms with Gasteiger partial charge in [-0.1, -0.05) is 29.8 Å². The van der Waals surface area contributed by atoms with Crippen LogP contribution in [0.3, 0.4) is 0 Å². The molecular formula is C20H18N2O4. The molecule has 1 N–H and O–H groups in total. The SMILES string of the molecule is Cc1ccc(C(C)NC(=O)c2ccc(-c3ccc([N+](=O)[O-])cc3)o2)cc1. The molecule has 0 aliphatic carbocycles. The molecule has 0 spiro atoms. The summed E-state index contributed by atoms with van der Waals surface area (Å²) >= 11 is 0. The number of hydrogen-bond donors (Lipinski definition) is 1. The van der Waals surface area contributed by atoms with Gasteiger partial charge in [0.15, 0.2) is 5.76 Å². The van der Waals surface area contributed by atoms with Crippen molar-refractivity contribution >= 4 is 11.6 Å². The van der Waals surface area contributed by atoms with Crippen LogP contribution in [0.25, 0.3) is 11.3 Å². The molecule has 0 saturated carbocycles. The molecule has 2 aromatic carbocycles. The molecule has 0 aliphatic rings. The Labute approximate surface area is 150 Å². The second-order valence-corrected chi connectivity index (χ2v) is 6.07. The summed E-state index contributed by atoms with van der Waals surface area (Å²) in [5.74, 6) is 0.358. The number of furan rings is 1. The van der Waals surface area contributed by atoms with Gasteiger partial charge in [-0.25, -0.2) is 0 Å². The fourth-order valence-electron chi connectivity index (χ4n) is 2.57. The summed E-state index contributed by atoms with van der Waals surface area (Å²) in [6.45, 7) is 3.92. The molecule has 0 fully saturated rings. The van der Waals surface area contributed by atoms with Crippen molar-refractivity contribution in [3.05, 3.63) is 87.7 Å². The van der Waals surface area contributed by atoms with Crippen molar-refractivity contribution in [2.24, 2.45) is 0 Å². The van der Waals surface area contributed by atoms with E-state index in [-0.39, 0.29) is 23.4 Å². The summed E-state index contributed by atoms with van der Waals surface area (Å²) in [5.41, 5.74) is 2.84. The molecular weight excluding hydrogens is 332 g/mol. The van der Waals surface area contributed by atoms with E-state index in [0.29, 0.717) is 11.3 Å². The fraction of sp³-hybridized carbons (Fsp3) is 0.150. The first-order valence-corrected chi connectivity index (χ1v) is 8.16. The van der Waals surface area contributed by atoms with Gasteiger partial charge in [0.25, 0.3) is 11.6 Å². The zero-order valence-electron chi connectivity index (χ0n) is 14.4. The Hall–Kier alpha value is -3.41. The van der Waals surface area contributed by atoms with Crippen LogP contribution in [0.5, 0.6) is 0 Å². The molecule has 0 aliphatic heterocycles. The van der Waals surface area contributed by atoms with E-state index in [1.165, 1.54) is 12.1 Å². The fourth-order valence-corrected chi connectivity index (χ4v) is 2.57. The number of nitrogens with one attached hydrogen (secondary N) is 1. The molecule has 1 atom stereocenters. The van der Waals surface area contributed by atoms with Gasteiger partial charge in [0, 0.05) is 17.7 Å². The molecule has 26 heavy (non-hydrogen) atoms. The molecule has 1 amide bonds. The second-order valence-electron chi connectivity index (χ2n) is 6.07. The number of nitro benzene ring substituents is 1. The number of amides is 1. The van der Waals surface area contributed by atoms with Crippen LogP contribution in [0, 0.1) is 17.0 Å². The summed E-state index contributed by atoms with van der Waals surface area (Å²) in [6, 6.07) is 17.0. The largest absolute Gasteiger partial charge is 0.451 e. The highest BCUT2D eigenvalue weighted by Crippen LogP contribution is 2.25. The van der Waals surface area contributed by atoms with Gasteiger partial charge in [0.1, 0.15) is 5.76 Å². The monoisotopic (exact) mass is 350 g/mol. The van der Waals surface area contributed by atoms with Gasteiger partial charge in [-0.15, -0.1) is 0 Å². The normalized spacial score (nSPS) is 11.8. The standard InChI is InChI=1S/C20H18N2O4/c1-13-3-5-15(6-4-13)14(2)21-20(23)19-12-11-18(26-19)16-7-9-17(10-8-16)22(24)25/h3-12,14H,1-2H3,(H,21,23). The molecule has 1 unspecified atom stereocenters. The average molecular weight is 350 g/mol. The lowest BCUT2D eigenvalue weighted by molar-refractivity contribution is -0.384. The Balaban J connectivity index is 1.71. The molecule has 1 heterocycles. The molecule has 0 bridgehead atoms. The lowest BCUT2D eigenvalue weighted by Gasteiger charge is -2.13. The van der Waals surface area contributed by atoms with Gasteiger partial charge in [-0.05, 0) is 43.7 Å². The van der Waals surface area contributed by atoms with Crippen LogP contribution in [-0.2, 0) is 0 Å². The quantitative estimate of drug-likeness (QED) is 0.536. The van der Waals surface area contributed by atoms with Crippen LogP contribution in [0.2, 0.25) is 0 Å². The van der Waals surface area contributed by atoms with Crippen molar-refractivity contribution < 1.29 is 14.1 Å². The Morgan fingerprint density at radius 3 is 2.31 bits per heavy atom. The number of non-ortho nitro benzene ring substituents is 1. The van der Waals surface area contributed by atoms with Crippen molar-refractivity contribution in [1.29, 1.82) is 0 Å². The third-order valence-electron chi connectivity index (χ3n) is 4.12. The van der Waals surface area contributed by atoms with Crippen molar-refractivity contribution in [2.45, 2.75) is 19.9 Å². The molecule has 132 valence electrons. The number of aryl methyl sites for hydroxylation is 1. The Bertz CT molecular complexity index is 927. The third-order valence-corrected chi connectivity index (χ3v) is 4.12. The average Bonchev–Trinajstić information content (AvgIpc) is 3.12. The number of benzene rings is 2. The lowest BCUT2D eigenvalue weighted by atomic mass is 10.1. The highest BCUT2D eigenvalue weighted by molar-refractivity contribution is 5.92. The van der Waals surface area contributed by atoms with Gasteiger partial charge < -0.3 is 9.73 Å². The molecule has 0 radical (unpaired) electrons. The second kappa shape index (κ2) is 7.23. The summed E-state index contributed by atoms with van der Waals surface area (Å²) in [5, 5.41) is 13.6. The highest BCUT2D eigenvalue weighted by Gasteiger charge is 2.16. The van der Waals surface area contributed by atoms with Crippen LogP contribution < -0.4 is 5.32 Å². The minimum Gasteiger partial charge on any atom is -0.451 e. The number of rotatable bonds is 5. The minimum absolute atomic E-state index is 0.00481. The van der Waals surface area contributed by atoms with E-state index in [2.05, 4.69) is 5.32 Å². The van der Waals surface area contributed by atoms with Gasteiger partial charge in [0.2, 0.25) is 0 Å². The maximum atomic E-state index is 12.4. The topological polar surface area (TPSA) is 85.4 Å². The molecule has 3 aromatic rings. The molecule has 3 rings (SSSR count). The number of nitrogens with zero attached hydrogens (tertiary/aromatic N) is 1. The van der Waals surface area contributed by atoms with Gasteiger partial charge in [-0.3, -0.25) is 14.9 Å². The summed E-state index contributed by atoms with van der Waals surface area (Å²) in [4.78, 5) is 22.6. The van der Waals surface area contributed by atoms with Crippen molar-refractivity contribution in [3.63, 3.8) is 0 Å². The van der Waals surface area contributed by atoms with E-state index in [1.54, 1.807) is 24.3 Å². The van der Waals surface area contributed by atoms with E-state index in [0.717, 1.165) is 11.1 Å². The lowest BCUT2D eigenvalue weighted by Crippen LogP contribution is -2.26. The van der Waals surface area contributed by atoms with Crippen molar-refractivity contribution in [2.75, 3.05) is 0 Å². The van der Waals surface area contributed by atoms with Gasteiger partial charge in [0.05, 0.1) is 11.0 Å². The first kappa shape index (κ1) is 17.4. The van der Waals surface area contributed by atoms with E-state index in [4.69, 9.17) is 4.42 Å². The van der Waals surface area contributed by atoms with E-state index < -0.39 is 4.92 Å². The van der Waals surface area contributed by atoms with E-state index >= 15 is 0 Å². The number of nitro groups is 1. The number of carbonyl (C=O) groups excluding carboxylic acids is 1. The van der Waals surface area contributed by atoms with Crippen LogP contribution >= 0.6 is 0 Å². The molecule has 6 nitrogen and oxygen atoms in total. The summed E-state index contributed by atoms with van der Waals surface area (Å²) < 4.78 is 5.61. The van der Waals surface area contributed by atoms with Crippen LogP contribution in [0.1, 0.15) is 34.6 Å². The maximum absolute atomic E-state index is 12.4. The number of carbonyl (C=O) groups is 1. The van der Waals surface area contributed by atoms with Crippen LogP contribution in [0.15, 0.2) is 65.1 Å². The Kier molecular flexibility index (Phi) is 4.84. The van der Waals surface area contributed by atoms with E-state index in [1.807, 2.05) is 38.1 Å². The zero-order valence-corrected chi connectivity index (χ0v) is 14.4. The Morgan fingerprint density at radius 1 is 1.04 bits per heavy atom.